The fourth-order valence-electron chi connectivity index (χ4n) is 2.69. The average molecular weight is 305 g/mol. The van der Waals surface area contributed by atoms with E-state index >= 15 is 0 Å². The molecule has 2 N–H and O–H groups in total. The molecule has 2 aliphatic rings. The van der Waals surface area contributed by atoms with Crippen LogP contribution in [0.15, 0.2) is 11.4 Å². The molecule has 1 aliphatic carbocycles. The fraction of sp³-hybridized carbons (Fsp3) is 0.562. The van der Waals surface area contributed by atoms with Gasteiger partial charge in [-0.2, -0.15) is 0 Å². The van der Waals surface area contributed by atoms with Crippen LogP contribution in [0, 0.1) is 17.8 Å². The molecule has 1 amide bonds. The van der Waals surface area contributed by atoms with E-state index < -0.39 is 0 Å². The van der Waals surface area contributed by atoms with Gasteiger partial charge < -0.3 is 15.2 Å². The third-order valence-corrected chi connectivity index (χ3v) is 4.78. The lowest BCUT2D eigenvalue weighted by Gasteiger charge is -2.19. The first kappa shape index (κ1) is 14.6. The number of ether oxygens (including phenoxy) is 1. The van der Waals surface area contributed by atoms with Crippen molar-refractivity contribution in [2.45, 2.75) is 37.8 Å². The normalized spacial score (nSPS) is 24.4. The molecule has 4 nitrogen and oxygen atoms in total. The van der Waals surface area contributed by atoms with Crippen LogP contribution in [0.3, 0.4) is 0 Å². The molecular formula is C16H19NO3S. The molecule has 0 radical (unpaired) electrons. The number of rotatable bonds is 4. The summed E-state index contributed by atoms with van der Waals surface area (Å²) in [6, 6.07) is 1.98. The van der Waals surface area contributed by atoms with Gasteiger partial charge in [0.15, 0.2) is 0 Å². The Balaban J connectivity index is 1.65. The van der Waals surface area contributed by atoms with Crippen LogP contribution in [0.25, 0.3) is 0 Å². The first-order chi connectivity index (χ1) is 10.3. The number of carbonyl (C=O) groups is 1. The molecule has 0 aromatic carbocycles. The lowest BCUT2D eigenvalue weighted by atomic mass is 10.1. The van der Waals surface area contributed by atoms with E-state index in [0.717, 1.165) is 18.6 Å². The molecule has 112 valence electrons. The summed E-state index contributed by atoms with van der Waals surface area (Å²) in [5, 5.41) is 13.7. The van der Waals surface area contributed by atoms with Gasteiger partial charge in [0.1, 0.15) is 4.88 Å². The quantitative estimate of drug-likeness (QED) is 0.834. The van der Waals surface area contributed by atoms with Gasteiger partial charge in [-0.05, 0) is 36.6 Å². The molecule has 1 aromatic heterocycles. The zero-order valence-corrected chi connectivity index (χ0v) is 12.6. The fourth-order valence-corrected chi connectivity index (χ4v) is 3.44. The van der Waals surface area contributed by atoms with Crippen LogP contribution in [0.5, 0.6) is 0 Å². The molecule has 2 heterocycles. The van der Waals surface area contributed by atoms with E-state index in [1.54, 1.807) is 0 Å². The Hall–Kier alpha value is -1.35. The molecule has 3 rings (SSSR count). The standard InChI is InChI=1S/C16H19NO3S/c18-8-2-1-3-12-7-10-21-15(12)16(19)17-13-6-9-20-14(13)11-4-5-11/h7,10-11,13-14,18H,2,4-6,8-9H2,(H,17,19). The molecule has 21 heavy (non-hydrogen) atoms. The van der Waals surface area contributed by atoms with Gasteiger partial charge in [0.05, 0.1) is 18.8 Å². The molecule has 1 saturated carbocycles. The van der Waals surface area contributed by atoms with Crippen molar-refractivity contribution in [1.82, 2.24) is 5.32 Å². The van der Waals surface area contributed by atoms with E-state index in [4.69, 9.17) is 9.84 Å². The van der Waals surface area contributed by atoms with Gasteiger partial charge in [0, 0.05) is 18.6 Å². The van der Waals surface area contributed by atoms with Crippen LogP contribution in [0.4, 0.5) is 0 Å². The van der Waals surface area contributed by atoms with Gasteiger partial charge in [-0.25, -0.2) is 0 Å². The second-order valence-electron chi connectivity index (χ2n) is 5.48. The van der Waals surface area contributed by atoms with Crippen molar-refractivity contribution < 1.29 is 14.6 Å². The van der Waals surface area contributed by atoms with Crippen LogP contribution in [0.2, 0.25) is 0 Å². The topological polar surface area (TPSA) is 58.6 Å². The zero-order valence-electron chi connectivity index (χ0n) is 11.8. The maximum absolute atomic E-state index is 12.4. The molecule has 2 unspecified atom stereocenters. The summed E-state index contributed by atoms with van der Waals surface area (Å²) in [6.45, 7) is 0.779. The summed E-state index contributed by atoms with van der Waals surface area (Å²) >= 11 is 1.41. The number of hydrogen-bond donors (Lipinski definition) is 2. The third-order valence-electron chi connectivity index (χ3n) is 3.87. The maximum atomic E-state index is 12.4. The number of nitrogens with one attached hydrogen (secondary N) is 1. The minimum atomic E-state index is -0.0561. The zero-order chi connectivity index (χ0) is 14.7. The first-order valence-corrected chi connectivity index (χ1v) is 8.27. The highest BCUT2D eigenvalue weighted by atomic mass is 32.1. The number of aliphatic hydroxyl groups excluding tert-OH is 1. The van der Waals surface area contributed by atoms with Crippen molar-refractivity contribution in [3.8, 4) is 11.8 Å². The summed E-state index contributed by atoms with van der Waals surface area (Å²) in [7, 11) is 0. The van der Waals surface area contributed by atoms with E-state index in [1.165, 1.54) is 24.2 Å². The molecular weight excluding hydrogens is 286 g/mol. The number of amides is 1. The molecule has 2 atom stereocenters. The Bertz CT molecular complexity index is 568. The van der Waals surface area contributed by atoms with E-state index in [2.05, 4.69) is 17.2 Å². The van der Waals surface area contributed by atoms with Crippen LogP contribution < -0.4 is 5.32 Å². The van der Waals surface area contributed by atoms with Crippen molar-refractivity contribution >= 4 is 17.2 Å². The minimum Gasteiger partial charge on any atom is -0.395 e. The second-order valence-corrected chi connectivity index (χ2v) is 6.40. The molecule has 1 saturated heterocycles. The summed E-state index contributed by atoms with van der Waals surface area (Å²) in [4.78, 5) is 13.1. The summed E-state index contributed by atoms with van der Waals surface area (Å²) in [5.41, 5.74) is 0.743. The Kier molecular flexibility index (Phi) is 4.59. The van der Waals surface area contributed by atoms with Crippen LogP contribution in [-0.4, -0.2) is 36.4 Å². The van der Waals surface area contributed by atoms with Crippen LogP contribution >= 0.6 is 11.3 Å². The minimum absolute atomic E-state index is 0.0428. The highest BCUT2D eigenvalue weighted by Crippen LogP contribution is 2.38. The summed E-state index contributed by atoms with van der Waals surface area (Å²) in [5.74, 6) is 6.39. The van der Waals surface area contributed by atoms with E-state index in [0.29, 0.717) is 17.2 Å². The number of carbonyl (C=O) groups excluding carboxylic acids is 1. The van der Waals surface area contributed by atoms with E-state index in [1.807, 2.05) is 11.4 Å². The monoisotopic (exact) mass is 305 g/mol. The SMILES string of the molecule is O=C(NC1CCOC1C1CC1)c1sccc1C#CCCO. The summed E-state index contributed by atoms with van der Waals surface area (Å²) in [6.07, 6.45) is 3.95. The van der Waals surface area contributed by atoms with Crippen molar-refractivity contribution in [2.75, 3.05) is 13.2 Å². The molecule has 2 fully saturated rings. The van der Waals surface area contributed by atoms with Crippen molar-refractivity contribution in [3.05, 3.63) is 21.9 Å². The van der Waals surface area contributed by atoms with Gasteiger partial charge in [0.25, 0.3) is 5.91 Å². The first-order valence-electron chi connectivity index (χ1n) is 7.39. The molecule has 0 bridgehead atoms. The van der Waals surface area contributed by atoms with Crippen LogP contribution in [-0.2, 0) is 4.74 Å². The Labute approximate surface area is 128 Å². The van der Waals surface area contributed by atoms with Gasteiger partial charge >= 0.3 is 0 Å². The number of thiophene rings is 1. The lowest BCUT2D eigenvalue weighted by Crippen LogP contribution is -2.41. The Morgan fingerprint density at radius 1 is 1.48 bits per heavy atom. The maximum Gasteiger partial charge on any atom is 0.262 e. The summed E-state index contributed by atoms with van der Waals surface area (Å²) < 4.78 is 5.75. The van der Waals surface area contributed by atoms with Gasteiger partial charge in [-0.15, -0.1) is 11.3 Å². The predicted octanol–water partition coefficient (Wildman–Crippen LogP) is 1.78. The van der Waals surface area contributed by atoms with Gasteiger partial charge in [-0.1, -0.05) is 11.8 Å². The van der Waals surface area contributed by atoms with Crippen molar-refractivity contribution in [3.63, 3.8) is 0 Å². The van der Waals surface area contributed by atoms with Crippen LogP contribution in [0.1, 0.15) is 40.9 Å². The number of aliphatic hydroxyl groups is 1. The van der Waals surface area contributed by atoms with Gasteiger partial charge in [-0.3, -0.25) is 4.79 Å². The second kappa shape index (κ2) is 6.61. The van der Waals surface area contributed by atoms with E-state index in [9.17, 15) is 4.79 Å². The number of hydrogen-bond acceptors (Lipinski definition) is 4. The molecule has 5 heteroatoms. The van der Waals surface area contributed by atoms with Crippen molar-refractivity contribution in [2.24, 2.45) is 5.92 Å². The molecule has 1 aromatic rings. The Morgan fingerprint density at radius 3 is 3.10 bits per heavy atom. The highest BCUT2D eigenvalue weighted by Gasteiger charge is 2.41. The van der Waals surface area contributed by atoms with E-state index in [-0.39, 0.29) is 24.7 Å². The smallest absolute Gasteiger partial charge is 0.262 e. The molecule has 0 spiro atoms. The lowest BCUT2D eigenvalue weighted by molar-refractivity contribution is 0.0731. The van der Waals surface area contributed by atoms with Gasteiger partial charge in [0.2, 0.25) is 0 Å². The van der Waals surface area contributed by atoms with Crippen molar-refractivity contribution in [1.29, 1.82) is 0 Å². The third kappa shape index (κ3) is 3.46. The molecule has 1 aliphatic heterocycles. The largest absolute Gasteiger partial charge is 0.395 e. The predicted molar refractivity (Wildman–Crippen MR) is 81.2 cm³/mol. The average Bonchev–Trinajstić information content (AvgIpc) is 3.03. The highest BCUT2D eigenvalue weighted by molar-refractivity contribution is 7.12. The Morgan fingerprint density at radius 2 is 2.33 bits per heavy atom.